The van der Waals surface area contributed by atoms with Crippen LogP contribution in [0, 0.1) is 5.41 Å². The van der Waals surface area contributed by atoms with Gasteiger partial charge in [-0.1, -0.05) is 13.8 Å². The van der Waals surface area contributed by atoms with Gasteiger partial charge in [0.05, 0.1) is 18.6 Å². The number of nitrogens with one attached hydrogen (secondary N) is 1. The maximum atomic E-state index is 11.7. The molecular formula is C13H25N3O3. The summed E-state index contributed by atoms with van der Waals surface area (Å²) in [5, 5.41) is 2.83. The smallest absolute Gasteiger partial charge is 0.223 e. The van der Waals surface area contributed by atoms with Crippen molar-refractivity contribution < 1.29 is 14.3 Å². The van der Waals surface area contributed by atoms with Gasteiger partial charge in [-0.3, -0.25) is 14.5 Å². The third-order valence-corrected chi connectivity index (χ3v) is 3.35. The molecule has 0 spiro atoms. The Morgan fingerprint density at radius 1 is 1.32 bits per heavy atom. The Labute approximate surface area is 114 Å². The summed E-state index contributed by atoms with van der Waals surface area (Å²) in [5.41, 5.74) is 4.45. The number of hydrogen-bond donors (Lipinski definition) is 2. The Morgan fingerprint density at radius 3 is 2.53 bits per heavy atom. The van der Waals surface area contributed by atoms with Crippen molar-refractivity contribution >= 4 is 11.8 Å². The summed E-state index contributed by atoms with van der Waals surface area (Å²) < 4.78 is 5.27. The van der Waals surface area contributed by atoms with Gasteiger partial charge in [0.15, 0.2) is 0 Å². The molecule has 0 saturated carbocycles. The highest BCUT2D eigenvalue weighted by Crippen LogP contribution is 2.18. The van der Waals surface area contributed by atoms with Crippen molar-refractivity contribution in [1.82, 2.24) is 10.2 Å². The van der Waals surface area contributed by atoms with Gasteiger partial charge in [-0.05, 0) is 13.0 Å². The number of amides is 2. The molecular weight excluding hydrogens is 246 g/mol. The molecule has 0 atom stereocenters. The zero-order valence-corrected chi connectivity index (χ0v) is 11.9. The maximum Gasteiger partial charge on any atom is 0.223 e. The summed E-state index contributed by atoms with van der Waals surface area (Å²) in [5.74, 6) is -0.568. The van der Waals surface area contributed by atoms with E-state index in [1.807, 2.05) is 0 Å². The fourth-order valence-corrected chi connectivity index (χ4v) is 1.91. The molecule has 2 amide bonds. The highest BCUT2D eigenvalue weighted by molar-refractivity contribution is 5.87. The monoisotopic (exact) mass is 271 g/mol. The fraction of sp³-hybridized carbons (Fsp3) is 0.846. The van der Waals surface area contributed by atoms with Crippen molar-refractivity contribution in [3.63, 3.8) is 0 Å². The molecule has 1 aliphatic heterocycles. The Morgan fingerprint density at radius 2 is 1.95 bits per heavy atom. The Balaban J connectivity index is 2.11. The van der Waals surface area contributed by atoms with E-state index in [-0.39, 0.29) is 12.3 Å². The van der Waals surface area contributed by atoms with Crippen LogP contribution < -0.4 is 11.1 Å². The van der Waals surface area contributed by atoms with Crippen molar-refractivity contribution in [3.05, 3.63) is 0 Å². The summed E-state index contributed by atoms with van der Waals surface area (Å²) in [6, 6.07) is 0. The van der Waals surface area contributed by atoms with Crippen molar-refractivity contribution in [1.29, 1.82) is 0 Å². The summed E-state index contributed by atoms with van der Waals surface area (Å²) in [7, 11) is 0. The Kier molecular flexibility index (Phi) is 6.24. The van der Waals surface area contributed by atoms with Crippen LogP contribution in [0.5, 0.6) is 0 Å². The predicted octanol–water partition coefficient (Wildman–Crippen LogP) is -0.273. The van der Waals surface area contributed by atoms with Gasteiger partial charge in [0.2, 0.25) is 11.8 Å². The third-order valence-electron chi connectivity index (χ3n) is 3.35. The molecule has 1 saturated heterocycles. The molecule has 3 N–H and O–H groups in total. The van der Waals surface area contributed by atoms with Gasteiger partial charge in [0.25, 0.3) is 0 Å². The predicted molar refractivity (Wildman–Crippen MR) is 72.5 cm³/mol. The van der Waals surface area contributed by atoms with Crippen LogP contribution in [0.4, 0.5) is 0 Å². The highest BCUT2D eigenvalue weighted by Gasteiger charge is 2.27. The summed E-state index contributed by atoms with van der Waals surface area (Å²) >= 11 is 0. The van der Waals surface area contributed by atoms with E-state index in [2.05, 4.69) is 10.2 Å². The van der Waals surface area contributed by atoms with Gasteiger partial charge in [-0.15, -0.1) is 0 Å². The Hall–Kier alpha value is -1.14. The van der Waals surface area contributed by atoms with Gasteiger partial charge in [0, 0.05) is 26.1 Å². The normalized spacial score (nSPS) is 17.2. The number of nitrogens with zero attached hydrogens (tertiary/aromatic N) is 1. The molecule has 0 aromatic heterocycles. The lowest BCUT2D eigenvalue weighted by Gasteiger charge is -2.26. The maximum absolute atomic E-state index is 11.7. The van der Waals surface area contributed by atoms with Gasteiger partial charge in [-0.2, -0.15) is 0 Å². The topological polar surface area (TPSA) is 84.7 Å². The van der Waals surface area contributed by atoms with E-state index in [1.165, 1.54) is 0 Å². The molecule has 0 aromatic rings. The summed E-state index contributed by atoms with van der Waals surface area (Å²) in [4.78, 5) is 25.1. The van der Waals surface area contributed by atoms with Crippen LogP contribution in [0.3, 0.4) is 0 Å². The van der Waals surface area contributed by atoms with Crippen molar-refractivity contribution in [3.8, 4) is 0 Å². The van der Waals surface area contributed by atoms with E-state index in [1.54, 1.807) is 13.8 Å². The lowest BCUT2D eigenvalue weighted by Crippen LogP contribution is -2.39. The second-order valence-electron chi connectivity index (χ2n) is 5.58. The second kappa shape index (κ2) is 7.45. The van der Waals surface area contributed by atoms with Gasteiger partial charge in [-0.25, -0.2) is 0 Å². The SMILES string of the molecule is CC(C)(CC(=O)NCCCN1CCOCC1)C(N)=O. The van der Waals surface area contributed by atoms with Crippen molar-refractivity contribution in [2.24, 2.45) is 11.1 Å². The zero-order valence-electron chi connectivity index (χ0n) is 11.9. The Bertz CT molecular complexity index is 312. The molecule has 19 heavy (non-hydrogen) atoms. The van der Waals surface area contributed by atoms with E-state index in [0.29, 0.717) is 6.54 Å². The first-order valence-electron chi connectivity index (χ1n) is 6.78. The molecule has 110 valence electrons. The number of nitrogens with two attached hydrogens (primary N) is 1. The van der Waals surface area contributed by atoms with E-state index in [0.717, 1.165) is 39.3 Å². The molecule has 1 fully saturated rings. The third kappa shape index (κ3) is 6.02. The van der Waals surface area contributed by atoms with Gasteiger partial charge < -0.3 is 15.8 Å². The average molecular weight is 271 g/mol. The second-order valence-corrected chi connectivity index (χ2v) is 5.58. The number of carbonyl (C=O) groups is 2. The molecule has 0 aliphatic carbocycles. The number of hydrogen-bond acceptors (Lipinski definition) is 4. The standard InChI is InChI=1S/C13H25N3O3/c1-13(2,12(14)18)10-11(17)15-4-3-5-16-6-8-19-9-7-16/h3-10H2,1-2H3,(H2,14,18)(H,15,17). The van der Waals surface area contributed by atoms with E-state index in [4.69, 9.17) is 10.5 Å². The summed E-state index contributed by atoms with van der Waals surface area (Å²) in [6.07, 6.45) is 1.04. The molecule has 1 heterocycles. The van der Waals surface area contributed by atoms with Crippen molar-refractivity contribution in [2.45, 2.75) is 26.7 Å². The molecule has 0 bridgehead atoms. The van der Waals surface area contributed by atoms with Crippen LogP contribution in [0.1, 0.15) is 26.7 Å². The minimum absolute atomic E-state index is 0.120. The van der Waals surface area contributed by atoms with E-state index < -0.39 is 11.3 Å². The summed E-state index contributed by atoms with van der Waals surface area (Å²) in [6.45, 7) is 8.46. The fourth-order valence-electron chi connectivity index (χ4n) is 1.91. The molecule has 1 aliphatic rings. The van der Waals surface area contributed by atoms with Crippen LogP contribution >= 0.6 is 0 Å². The largest absolute Gasteiger partial charge is 0.379 e. The average Bonchev–Trinajstić information content (AvgIpc) is 2.35. The minimum Gasteiger partial charge on any atom is -0.379 e. The number of ether oxygens (including phenoxy) is 1. The first-order chi connectivity index (χ1) is 8.92. The van der Waals surface area contributed by atoms with Gasteiger partial charge >= 0.3 is 0 Å². The number of primary amides is 1. The van der Waals surface area contributed by atoms with Crippen LogP contribution in [-0.2, 0) is 14.3 Å². The van der Waals surface area contributed by atoms with Crippen LogP contribution in [0.25, 0.3) is 0 Å². The number of morpholine rings is 1. The van der Waals surface area contributed by atoms with E-state index in [9.17, 15) is 9.59 Å². The van der Waals surface area contributed by atoms with Crippen LogP contribution in [0.2, 0.25) is 0 Å². The van der Waals surface area contributed by atoms with Crippen LogP contribution in [0.15, 0.2) is 0 Å². The quantitative estimate of drug-likeness (QED) is 0.624. The number of rotatable bonds is 7. The molecule has 6 nitrogen and oxygen atoms in total. The van der Waals surface area contributed by atoms with Crippen LogP contribution in [-0.4, -0.2) is 56.1 Å². The minimum atomic E-state index is -0.783. The molecule has 0 radical (unpaired) electrons. The first-order valence-corrected chi connectivity index (χ1v) is 6.78. The zero-order chi connectivity index (χ0) is 14.3. The lowest BCUT2D eigenvalue weighted by atomic mass is 9.88. The molecule has 0 aromatic carbocycles. The first kappa shape index (κ1) is 15.9. The highest BCUT2D eigenvalue weighted by atomic mass is 16.5. The number of carbonyl (C=O) groups excluding carboxylic acids is 2. The van der Waals surface area contributed by atoms with Gasteiger partial charge in [0.1, 0.15) is 0 Å². The molecule has 0 unspecified atom stereocenters. The van der Waals surface area contributed by atoms with E-state index >= 15 is 0 Å². The molecule has 6 heteroatoms. The lowest BCUT2D eigenvalue weighted by molar-refractivity contribution is -0.132. The van der Waals surface area contributed by atoms with Crippen molar-refractivity contribution in [2.75, 3.05) is 39.4 Å². The molecule has 1 rings (SSSR count).